The van der Waals surface area contributed by atoms with E-state index in [2.05, 4.69) is 16.0 Å². The number of halogens is 2. The molecule has 1 aromatic carbocycles. The van der Waals surface area contributed by atoms with Crippen molar-refractivity contribution in [1.29, 1.82) is 0 Å². The first-order valence-electron chi connectivity index (χ1n) is 9.91. The van der Waals surface area contributed by atoms with Gasteiger partial charge in [0, 0.05) is 31.6 Å². The van der Waals surface area contributed by atoms with Gasteiger partial charge in [-0.25, -0.2) is 18.4 Å². The number of hydrogen-bond donors (Lipinski definition) is 3. The summed E-state index contributed by atoms with van der Waals surface area (Å²) in [4.78, 5) is 37.8. The van der Waals surface area contributed by atoms with Crippen molar-refractivity contribution in [1.82, 2.24) is 16.0 Å². The third-order valence-electron chi connectivity index (χ3n) is 5.46. The Labute approximate surface area is 171 Å². The fourth-order valence-electron chi connectivity index (χ4n) is 4.05. The maximum atomic E-state index is 14.8. The average Bonchev–Trinajstić information content (AvgIpc) is 3.32. The van der Waals surface area contributed by atoms with Gasteiger partial charge < -0.3 is 25.6 Å². The molecule has 11 heteroatoms. The molecule has 3 fully saturated rings. The Hall–Kier alpha value is -3.11. The minimum atomic E-state index is -0.802. The number of hydrogen-bond acceptors (Lipinski definition) is 5. The van der Waals surface area contributed by atoms with Crippen molar-refractivity contribution in [3.05, 3.63) is 23.8 Å². The van der Waals surface area contributed by atoms with Gasteiger partial charge in [0.2, 0.25) is 5.91 Å². The van der Waals surface area contributed by atoms with Crippen LogP contribution >= 0.6 is 0 Å². The largest absolute Gasteiger partial charge is 0.442 e. The van der Waals surface area contributed by atoms with Crippen LogP contribution in [0.2, 0.25) is 0 Å². The molecule has 0 aliphatic carbocycles. The molecule has 3 saturated heterocycles. The minimum absolute atomic E-state index is 0.0481. The Morgan fingerprint density at radius 2 is 1.80 bits per heavy atom. The zero-order valence-electron chi connectivity index (χ0n) is 16.4. The van der Waals surface area contributed by atoms with Crippen LogP contribution in [0.3, 0.4) is 0 Å². The lowest BCUT2D eigenvalue weighted by atomic mass is 10.2. The fraction of sp³-hybridized carbons (Fsp3) is 0.526. The molecule has 2 unspecified atom stereocenters. The maximum absolute atomic E-state index is 14.8. The van der Waals surface area contributed by atoms with Gasteiger partial charge in [0.1, 0.15) is 11.8 Å². The SMILES string of the molecule is CCCC(=O)NC[C@H]1CN(c2cc(F)c(N3CC4NC(=O)NC4C3)c(F)c2)C(=O)O1. The number of carbonyl (C=O) groups is 3. The normalized spacial score (nSPS) is 25.1. The van der Waals surface area contributed by atoms with Gasteiger partial charge in [-0.15, -0.1) is 0 Å². The van der Waals surface area contributed by atoms with Crippen LogP contribution in [0.5, 0.6) is 0 Å². The topological polar surface area (TPSA) is 103 Å². The second-order valence-electron chi connectivity index (χ2n) is 7.66. The fourth-order valence-corrected chi connectivity index (χ4v) is 4.05. The van der Waals surface area contributed by atoms with Crippen LogP contribution in [0, 0.1) is 11.6 Å². The number of nitrogens with one attached hydrogen (secondary N) is 3. The lowest BCUT2D eigenvalue weighted by molar-refractivity contribution is -0.121. The van der Waals surface area contributed by atoms with Crippen LogP contribution in [0.1, 0.15) is 19.8 Å². The summed E-state index contributed by atoms with van der Waals surface area (Å²) in [6.07, 6.45) is -0.246. The molecule has 3 aliphatic heterocycles. The molecule has 4 amide bonds. The van der Waals surface area contributed by atoms with Crippen molar-refractivity contribution in [2.75, 3.05) is 36.0 Å². The highest BCUT2D eigenvalue weighted by molar-refractivity contribution is 5.90. The molecule has 0 saturated carbocycles. The van der Waals surface area contributed by atoms with E-state index in [1.165, 1.54) is 4.90 Å². The zero-order chi connectivity index (χ0) is 21.4. The minimum Gasteiger partial charge on any atom is -0.442 e. The average molecular weight is 423 g/mol. The second-order valence-corrected chi connectivity index (χ2v) is 7.66. The molecule has 0 spiro atoms. The zero-order valence-corrected chi connectivity index (χ0v) is 16.4. The first-order chi connectivity index (χ1) is 14.4. The molecule has 30 heavy (non-hydrogen) atoms. The van der Waals surface area contributed by atoms with E-state index in [1.54, 1.807) is 0 Å². The van der Waals surface area contributed by atoms with E-state index >= 15 is 0 Å². The van der Waals surface area contributed by atoms with E-state index in [0.29, 0.717) is 12.8 Å². The van der Waals surface area contributed by atoms with Crippen molar-refractivity contribution in [3.8, 4) is 0 Å². The molecule has 162 valence electrons. The third-order valence-corrected chi connectivity index (χ3v) is 5.46. The summed E-state index contributed by atoms with van der Waals surface area (Å²) in [7, 11) is 0. The molecule has 9 nitrogen and oxygen atoms in total. The van der Waals surface area contributed by atoms with Crippen molar-refractivity contribution in [3.63, 3.8) is 0 Å². The van der Waals surface area contributed by atoms with E-state index in [-0.39, 0.29) is 61.6 Å². The smallest absolute Gasteiger partial charge is 0.414 e. The predicted octanol–water partition coefficient (Wildman–Crippen LogP) is 1.08. The van der Waals surface area contributed by atoms with Gasteiger partial charge in [-0.3, -0.25) is 9.69 Å². The lowest BCUT2D eigenvalue weighted by Gasteiger charge is -2.22. The molecule has 3 atom stereocenters. The Morgan fingerprint density at radius 1 is 1.17 bits per heavy atom. The summed E-state index contributed by atoms with van der Waals surface area (Å²) in [6, 6.07) is 1.48. The molecule has 0 aromatic heterocycles. The number of anilines is 2. The van der Waals surface area contributed by atoms with Crippen LogP contribution in [-0.4, -0.2) is 62.4 Å². The molecule has 0 bridgehead atoms. The first-order valence-corrected chi connectivity index (χ1v) is 9.91. The van der Waals surface area contributed by atoms with Crippen molar-refractivity contribution < 1.29 is 27.9 Å². The van der Waals surface area contributed by atoms with Crippen LogP contribution in [-0.2, 0) is 9.53 Å². The standard InChI is InChI=1S/C19H23F2N5O4/c1-2-3-16(27)22-6-11-7-26(19(29)30-11)10-4-12(20)17(13(21)5-10)25-8-14-15(9-25)24-18(28)23-14/h4-5,11,14-15H,2-3,6-9H2,1H3,(H,22,27)(H2,23,24,28)/t11-,14?,15?/m0/s1. The number of urea groups is 1. The number of amides is 4. The highest BCUT2D eigenvalue weighted by Crippen LogP contribution is 2.33. The van der Waals surface area contributed by atoms with Gasteiger partial charge in [0.05, 0.1) is 30.9 Å². The van der Waals surface area contributed by atoms with Gasteiger partial charge >= 0.3 is 12.1 Å². The lowest BCUT2D eigenvalue weighted by Crippen LogP contribution is -2.35. The molecule has 0 radical (unpaired) electrons. The van der Waals surface area contributed by atoms with E-state index in [9.17, 15) is 23.2 Å². The summed E-state index contributed by atoms with van der Waals surface area (Å²) >= 11 is 0. The summed E-state index contributed by atoms with van der Waals surface area (Å²) in [5.41, 5.74) is -0.146. The predicted molar refractivity (Wildman–Crippen MR) is 103 cm³/mol. The third kappa shape index (κ3) is 3.83. The summed E-state index contributed by atoms with van der Waals surface area (Å²) in [5, 5.41) is 8.10. The van der Waals surface area contributed by atoms with Gasteiger partial charge in [0.25, 0.3) is 0 Å². The Balaban J connectivity index is 1.44. The number of cyclic esters (lactones) is 1. The van der Waals surface area contributed by atoms with Gasteiger partial charge in [-0.2, -0.15) is 0 Å². The number of nitrogens with zero attached hydrogens (tertiary/aromatic N) is 2. The molecule has 3 aliphatic rings. The number of benzene rings is 1. The van der Waals surface area contributed by atoms with Crippen LogP contribution in [0.15, 0.2) is 12.1 Å². The molecule has 3 N–H and O–H groups in total. The summed E-state index contributed by atoms with van der Waals surface area (Å²) < 4.78 is 34.8. The first kappa shape index (κ1) is 20.2. The molecular weight excluding hydrogens is 400 g/mol. The highest BCUT2D eigenvalue weighted by Gasteiger charge is 2.41. The number of fused-ring (bicyclic) bond motifs is 1. The maximum Gasteiger partial charge on any atom is 0.414 e. The van der Waals surface area contributed by atoms with E-state index in [4.69, 9.17) is 4.74 Å². The van der Waals surface area contributed by atoms with Crippen molar-refractivity contribution in [2.45, 2.75) is 38.0 Å². The number of ether oxygens (including phenoxy) is 1. The number of rotatable bonds is 6. The Bertz CT molecular complexity index is 843. The molecule has 4 rings (SSSR count). The number of carbonyl (C=O) groups excluding carboxylic acids is 3. The van der Waals surface area contributed by atoms with Crippen molar-refractivity contribution in [2.24, 2.45) is 0 Å². The Kier molecular flexibility index (Phi) is 5.35. The Morgan fingerprint density at radius 3 is 2.40 bits per heavy atom. The van der Waals surface area contributed by atoms with Crippen LogP contribution in [0.25, 0.3) is 0 Å². The van der Waals surface area contributed by atoms with Crippen LogP contribution in [0.4, 0.5) is 29.7 Å². The second kappa shape index (κ2) is 7.96. The monoisotopic (exact) mass is 423 g/mol. The van der Waals surface area contributed by atoms with Gasteiger partial charge in [-0.05, 0) is 6.42 Å². The summed E-state index contributed by atoms with van der Waals surface area (Å²) in [6.45, 7) is 2.65. The van der Waals surface area contributed by atoms with Crippen LogP contribution < -0.4 is 25.8 Å². The summed E-state index contributed by atoms with van der Waals surface area (Å²) in [5.74, 6) is -1.75. The van der Waals surface area contributed by atoms with Gasteiger partial charge in [0.15, 0.2) is 11.6 Å². The van der Waals surface area contributed by atoms with Crippen molar-refractivity contribution >= 4 is 29.4 Å². The highest BCUT2D eigenvalue weighted by atomic mass is 19.1. The quantitative estimate of drug-likeness (QED) is 0.635. The molecule has 3 heterocycles. The van der Waals surface area contributed by atoms with E-state index in [1.807, 2.05) is 6.92 Å². The van der Waals surface area contributed by atoms with Gasteiger partial charge in [-0.1, -0.05) is 6.92 Å². The molecular formula is C19H23F2N5O4. The molecule has 1 aromatic rings. The van der Waals surface area contributed by atoms with E-state index in [0.717, 1.165) is 17.0 Å². The van der Waals surface area contributed by atoms with E-state index < -0.39 is 23.8 Å².